The average Bonchev–Trinajstić information content (AvgIpc) is 2.37. The minimum absolute atomic E-state index is 0.541. The van der Waals surface area contributed by atoms with E-state index in [4.69, 9.17) is 0 Å². The predicted octanol–water partition coefficient (Wildman–Crippen LogP) is 5.10. The minimum Gasteiger partial charge on any atom is -0.126 e. The molecule has 1 atom stereocenters. The van der Waals surface area contributed by atoms with E-state index in [0.29, 0.717) is 5.92 Å². The van der Waals surface area contributed by atoms with Crippen molar-refractivity contribution >= 4 is 11.8 Å². The maximum atomic E-state index is 3.23. The summed E-state index contributed by atoms with van der Waals surface area (Å²) in [6, 6.07) is 8.96. The van der Waals surface area contributed by atoms with Crippen LogP contribution in [-0.2, 0) is 0 Å². The van der Waals surface area contributed by atoms with Crippen LogP contribution in [0.1, 0.15) is 51.5 Å². The molecular weight excluding hydrogens is 224 g/mol. The smallest absolute Gasteiger partial charge is 0.0155 e. The summed E-state index contributed by atoms with van der Waals surface area (Å²) in [5, 5.41) is 0. The van der Waals surface area contributed by atoms with Gasteiger partial charge in [-0.25, -0.2) is 0 Å². The summed E-state index contributed by atoms with van der Waals surface area (Å²) in [5.41, 5.74) is 1.40. The molecule has 0 aliphatic rings. The second-order valence-electron chi connectivity index (χ2n) is 4.23. The molecule has 1 unspecified atom stereocenters. The predicted molar refractivity (Wildman–Crippen MR) is 78.6 cm³/mol. The van der Waals surface area contributed by atoms with Gasteiger partial charge in [-0.1, -0.05) is 32.9 Å². The van der Waals surface area contributed by atoms with Gasteiger partial charge in [-0.15, -0.1) is 23.6 Å². The molecule has 0 aliphatic heterocycles. The monoisotopic (exact) mass is 246 g/mol. The molecule has 0 aromatic heterocycles. The number of hydrogen-bond donors (Lipinski definition) is 0. The molecule has 0 bridgehead atoms. The first-order valence-corrected chi connectivity index (χ1v) is 7.45. The maximum absolute atomic E-state index is 3.23. The van der Waals surface area contributed by atoms with Crippen molar-refractivity contribution in [1.29, 1.82) is 0 Å². The van der Waals surface area contributed by atoms with Gasteiger partial charge < -0.3 is 0 Å². The van der Waals surface area contributed by atoms with Gasteiger partial charge in [0.05, 0.1) is 0 Å². The molecular formula is C16H22S. The molecule has 1 aromatic carbocycles. The van der Waals surface area contributed by atoms with Crippen LogP contribution in [0.2, 0.25) is 0 Å². The van der Waals surface area contributed by atoms with Gasteiger partial charge in [0, 0.05) is 17.7 Å². The molecule has 17 heavy (non-hydrogen) atoms. The van der Waals surface area contributed by atoms with E-state index in [9.17, 15) is 0 Å². The summed E-state index contributed by atoms with van der Waals surface area (Å²) in [6.07, 6.45) is 3.16. The van der Waals surface area contributed by atoms with Crippen LogP contribution in [0.4, 0.5) is 0 Å². The van der Waals surface area contributed by atoms with Gasteiger partial charge in [0.15, 0.2) is 0 Å². The van der Waals surface area contributed by atoms with E-state index in [0.717, 1.165) is 12.8 Å². The van der Waals surface area contributed by atoms with E-state index in [1.165, 1.54) is 22.6 Å². The third-order valence-corrected chi connectivity index (χ3v) is 3.85. The molecule has 1 rings (SSSR count). The van der Waals surface area contributed by atoms with Crippen LogP contribution < -0.4 is 0 Å². The lowest BCUT2D eigenvalue weighted by Gasteiger charge is -2.09. The molecule has 0 nitrogen and oxygen atoms in total. The van der Waals surface area contributed by atoms with Crippen molar-refractivity contribution in [3.05, 3.63) is 29.8 Å². The normalized spacial score (nSPS) is 11.7. The fraction of sp³-hybridized carbons (Fsp3) is 0.500. The minimum atomic E-state index is 0.541. The summed E-state index contributed by atoms with van der Waals surface area (Å²) < 4.78 is 0. The molecule has 0 amide bonds. The van der Waals surface area contributed by atoms with E-state index < -0.39 is 0 Å². The van der Waals surface area contributed by atoms with Crippen molar-refractivity contribution in [3.63, 3.8) is 0 Å². The molecule has 0 radical (unpaired) electrons. The summed E-state index contributed by atoms with van der Waals surface area (Å²) in [5.74, 6) is 8.11. The lowest BCUT2D eigenvalue weighted by molar-refractivity contribution is 0.794. The maximum Gasteiger partial charge on any atom is 0.0155 e. The summed E-state index contributed by atoms with van der Waals surface area (Å²) >= 11 is 1.93. The number of benzene rings is 1. The highest BCUT2D eigenvalue weighted by Gasteiger charge is 2.03. The Kier molecular flexibility index (Phi) is 6.89. The molecule has 0 saturated heterocycles. The average molecular weight is 246 g/mol. The highest BCUT2D eigenvalue weighted by atomic mass is 32.2. The molecule has 92 valence electrons. The van der Waals surface area contributed by atoms with Crippen molar-refractivity contribution in [3.8, 4) is 11.8 Å². The summed E-state index contributed by atoms with van der Waals surface area (Å²) in [4.78, 5) is 1.38. The zero-order valence-electron chi connectivity index (χ0n) is 11.1. The molecule has 0 saturated carbocycles. The van der Waals surface area contributed by atoms with Gasteiger partial charge in [0.2, 0.25) is 0 Å². The Morgan fingerprint density at radius 1 is 1.12 bits per heavy atom. The van der Waals surface area contributed by atoms with Crippen LogP contribution in [0, 0.1) is 11.8 Å². The first kappa shape index (κ1) is 14.2. The third kappa shape index (κ3) is 5.33. The van der Waals surface area contributed by atoms with Crippen LogP contribution in [0.5, 0.6) is 0 Å². The highest BCUT2D eigenvalue weighted by molar-refractivity contribution is 7.99. The first-order valence-electron chi connectivity index (χ1n) is 6.46. The largest absolute Gasteiger partial charge is 0.126 e. The van der Waals surface area contributed by atoms with Crippen LogP contribution in [0.15, 0.2) is 29.2 Å². The van der Waals surface area contributed by atoms with E-state index in [1.807, 2.05) is 11.8 Å². The van der Waals surface area contributed by atoms with E-state index >= 15 is 0 Å². The second kappa shape index (κ2) is 8.25. The van der Waals surface area contributed by atoms with Gasteiger partial charge >= 0.3 is 0 Å². The van der Waals surface area contributed by atoms with Gasteiger partial charge in [-0.3, -0.25) is 0 Å². The Hall–Kier alpha value is -0.870. The summed E-state index contributed by atoms with van der Waals surface area (Å²) in [6.45, 7) is 6.56. The van der Waals surface area contributed by atoms with E-state index in [2.05, 4.69) is 56.9 Å². The first-order chi connectivity index (χ1) is 8.27. The lowest BCUT2D eigenvalue weighted by Crippen LogP contribution is -1.91. The van der Waals surface area contributed by atoms with Gasteiger partial charge in [-0.05, 0) is 35.8 Å². The second-order valence-corrected chi connectivity index (χ2v) is 5.40. The standard InChI is InChI=1S/C16H22S/c1-4-6-7-8-14(3)15-9-11-16(12-10-15)17-13-5-2/h9-12,14H,4-5,8,13H2,1-3H3. The number of hydrogen-bond acceptors (Lipinski definition) is 1. The lowest BCUT2D eigenvalue weighted by atomic mass is 9.98. The Balaban J connectivity index is 2.54. The van der Waals surface area contributed by atoms with Crippen LogP contribution in [-0.4, -0.2) is 5.75 Å². The topological polar surface area (TPSA) is 0 Å². The highest BCUT2D eigenvalue weighted by Crippen LogP contribution is 2.23. The number of rotatable bonds is 5. The van der Waals surface area contributed by atoms with Crippen LogP contribution in [0.25, 0.3) is 0 Å². The zero-order chi connectivity index (χ0) is 12.5. The van der Waals surface area contributed by atoms with Crippen LogP contribution >= 0.6 is 11.8 Å². The molecule has 0 spiro atoms. The molecule has 0 N–H and O–H groups in total. The van der Waals surface area contributed by atoms with E-state index in [-0.39, 0.29) is 0 Å². The van der Waals surface area contributed by atoms with Gasteiger partial charge in [0.1, 0.15) is 0 Å². The molecule has 1 aromatic rings. The van der Waals surface area contributed by atoms with Crippen molar-refractivity contribution in [2.75, 3.05) is 5.75 Å². The SMILES string of the molecule is CCC#CCC(C)c1ccc(SCCC)cc1. The number of thioether (sulfide) groups is 1. The summed E-state index contributed by atoms with van der Waals surface area (Å²) in [7, 11) is 0. The van der Waals surface area contributed by atoms with Gasteiger partial charge in [-0.2, -0.15) is 0 Å². The quantitative estimate of drug-likeness (QED) is 0.515. The van der Waals surface area contributed by atoms with Gasteiger partial charge in [0.25, 0.3) is 0 Å². The van der Waals surface area contributed by atoms with Crippen molar-refractivity contribution in [2.45, 2.75) is 50.8 Å². The fourth-order valence-electron chi connectivity index (χ4n) is 1.58. The third-order valence-electron chi connectivity index (χ3n) is 2.63. The molecule has 0 heterocycles. The molecule has 1 heteroatoms. The fourth-order valence-corrected chi connectivity index (χ4v) is 2.35. The Morgan fingerprint density at radius 2 is 1.82 bits per heavy atom. The van der Waals surface area contributed by atoms with E-state index in [1.54, 1.807) is 0 Å². The Morgan fingerprint density at radius 3 is 2.41 bits per heavy atom. The zero-order valence-corrected chi connectivity index (χ0v) is 11.9. The molecule has 0 fully saturated rings. The van der Waals surface area contributed by atoms with Crippen molar-refractivity contribution < 1.29 is 0 Å². The Labute approximate surface area is 110 Å². The molecule has 0 aliphatic carbocycles. The van der Waals surface area contributed by atoms with Crippen LogP contribution in [0.3, 0.4) is 0 Å². The Bertz CT molecular complexity index is 367. The van der Waals surface area contributed by atoms with Crippen molar-refractivity contribution in [1.82, 2.24) is 0 Å². The van der Waals surface area contributed by atoms with Crippen molar-refractivity contribution in [2.24, 2.45) is 0 Å².